The van der Waals surface area contributed by atoms with Crippen molar-refractivity contribution in [3.63, 3.8) is 0 Å². The number of rotatable bonds is 5. The predicted octanol–water partition coefficient (Wildman–Crippen LogP) is 3.51. The smallest absolute Gasteiger partial charge is 0.131 e. The van der Waals surface area contributed by atoms with Crippen LogP contribution in [0.2, 0.25) is 0 Å². The van der Waals surface area contributed by atoms with E-state index in [0.29, 0.717) is 12.3 Å². The predicted molar refractivity (Wildman–Crippen MR) is 44.2 cm³/mol. The van der Waals surface area contributed by atoms with Crippen molar-refractivity contribution in [3.8, 4) is 0 Å². The van der Waals surface area contributed by atoms with Crippen molar-refractivity contribution in [2.45, 2.75) is 52.4 Å². The monoisotopic (exact) mass is 164 g/mol. The molecule has 0 aliphatic carbocycles. The summed E-state index contributed by atoms with van der Waals surface area (Å²) in [6, 6.07) is 0. The Morgan fingerprint density at radius 2 is 1.64 bits per heavy atom. The van der Waals surface area contributed by atoms with E-state index in [9.17, 15) is 8.78 Å². The lowest BCUT2D eigenvalue weighted by Gasteiger charge is -2.11. The van der Waals surface area contributed by atoms with Gasteiger partial charge in [-0.1, -0.05) is 20.3 Å². The summed E-state index contributed by atoms with van der Waals surface area (Å²) in [7, 11) is 0. The fourth-order valence-corrected chi connectivity index (χ4v) is 0.878. The van der Waals surface area contributed by atoms with Crippen LogP contribution in [0.5, 0.6) is 0 Å². The first-order valence-electron chi connectivity index (χ1n) is 4.36. The molecule has 0 aromatic carbocycles. The highest BCUT2D eigenvalue weighted by Crippen LogP contribution is 2.16. The number of halogens is 2. The first kappa shape index (κ1) is 10.9. The van der Waals surface area contributed by atoms with Crippen LogP contribution in [-0.2, 0) is 0 Å². The van der Waals surface area contributed by atoms with Crippen molar-refractivity contribution >= 4 is 0 Å². The van der Waals surface area contributed by atoms with Crippen LogP contribution in [0.1, 0.15) is 40.0 Å². The number of hydrogen-bond donors (Lipinski definition) is 0. The summed E-state index contributed by atoms with van der Waals surface area (Å²) >= 11 is 0. The second-order valence-corrected chi connectivity index (χ2v) is 3.28. The molecule has 0 aliphatic rings. The molecule has 0 bridgehead atoms. The number of hydrogen-bond acceptors (Lipinski definition) is 0. The van der Waals surface area contributed by atoms with Crippen molar-refractivity contribution in [2.75, 3.05) is 0 Å². The minimum atomic E-state index is -1.31. The second-order valence-electron chi connectivity index (χ2n) is 3.28. The Hall–Kier alpha value is -0.140. The lowest BCUT2D eigenvalue weighted by Crippen LogP contribution is -2.14. The molecule has 0 N–H and O–H groups in total. The van der Waals surface area contributed by atoms with E-state index >= 15 is 0 Å². The van der Waals surface area contributed by atoms with E-state index < -0.39 is 12.3 Å². The van der Waals surface area contributed by atoms with E-state index in [-0.39, 0.29) is 0 Å². The normalized spacial score (nSPS) is 19.4. The summed E-state index contributed by atoms with van der Waals surface area (Å²) in [6.45, 7) is 5.41. The summed E-state index contributed by atoms with van der Waals surface area (Å²) in [5, 5.41) is 0. The van der Waals surface area contributed by atoms with Gasteiger partial charge in [0.05, 0.1) is 0 Å². The highest BCUT2D eigenvalue weighted by atomic mass is 19.2. The van der Waals surface area contributed by atoms with E-state index in [2.05, 4.69) is 13.8 Å². The Kier molecular flexibility index (Phi) is 5.43. The molecule has 0 heterocycles. The van der Waals surface area contributed by atoms with Gasteiger partial charge in [-0.15, -0.1) is 0 Å². The molecule has 68 valence electrons. The number of alkyl halides is 2. The molecular formula is C9H18F2. The van der Waals surface area contributed by atoms with E-state index in [1.54, 1.807) is 0 Å². The van der Waals surface area contributed by atoms with Crippen LogP contribution >= 0.6 is 0 Å². The van der Waals surface area contributed by atoms with Gasteiger partial charge in [0.15, 0.2) is 0 Å². The van der Waals surface area contributed by atoms with Crippen LogP contribution < -0.4 is 0 Å². The van der Waals surface area contributed by atoms with Crippen LogP contribution in [-0.4, -0.2) is 12.3 Å². The van der Waals surface area contributed by atoms with Crippen LogP contribution in [0.25, 0.3) is 0 Å². The average molecular weight is 164 g/mol. The van der Waals surface area contributed by atoms with E-state index in [0.717, 1.165) is 12.8 Å². The van der Waals surface area contributed by atoms with Gasteiger partial charge in [-0.3, -0.25) is 0 Å². The summed E-state index contributed by atoms with van der Waals surface area (Å²) in [5.41, 5.74) is 0. The van der Waals surface area contributed by atoms with Crippen LogP contribution in [0.15, 0.2) is 0 Å². The Balaban J connectivity index is 3.37. The highest BCUT2D eigenvalue weighted by molar-refractivity contribution is 4.64. The molecule has 3 atom stereocenters. The molecule has 0 amide bonds. The zero-order valence-electron chi connectivity index (χ0n) is 7.61. The van der Waals surface area contributed by atoms with Crippen molar-refractivity contribution in [1.82, 2.24) is 0 Å². The van der Waals surface area contributed by atoms with Gasteiger partial charge in [-0.2, -0.15) is 0 Å². The molecule has 0 rings (SSSR count). The van der Waals surface area contributed by atoms with E-state index in [1.165, 1.54) is 6.92 Å². The van der Waals surface area contributed by atoms with Crippen molar-refractivity contribution in [2.24, 2.45) is 5.92 Å². The van der Waals surface area contributed by atoms with Crippen molar-refractivity contribution in [3.05, 3.63) is 0 Å². The molecule has 11 heavy (non-hydrogen) atoms. The standard InChI is InChI=1S/C9H18F2/c1-4-7(2)5-6-9(11)8(3)10/h7-9H,4-6H2,1-3H3. The van der Waals surface area contributed by atoms with Crippen LogP contribution in [0.3, 0.4) is 0 Å². The van der Waals surface area contributed by atoms with Gasteiger partial charge in [0, 0.05) is 0 Å². The first-order valence-corrected chi connectivity index (χ1v) is 4.36. The molecule has 0 aromatic rings. The Bertz CT molecular complexity index is 91.6. The van der Waals surface area contributed by atoms with E-state index in [1.807, 2.05) is 0 Å². The van der Waals surface area contributed by atoms with Crippen LogP contribution in [0, 0.1) is 5.92 Å². The second kappa shape index (κ2) is 5.50. The average Bonchev–Trinajstić information content (AvgIpc) is 1.99. The molecular weight excluding hydrogens is 146 g/mol. The quantitative estimate of drug-likeness (QED) is 0.583. The van der Waals surface area contributed by atoms with Gasteiger partial charge in [0.1, 0.15) is 12.3 Å². The fourth-order valence-electron chi connectivity index (χ4n) is 0.878. The van der Waals surface area contributed by atoms with Gasteiger partial charge in [-0.05, 0) is 25.7 Å². The van der Waals surface area contributed by atoms with Gasteiger partial charge in [0.2, 0.25) is 0 Å². The molecule has 0 radical (unpaired) electrons. The Morgan fingerprint density at radius 1 is 1.09 bits per heavy atom. The SMILES string of the molecule is CCC(C)CCC(F)C(C)F. The van der Waals surface area contributed by atoms with Crippen molar-refractivity contribution < 1.29 is 8.78 Å². The summed E-state index contributed by atoms with van der Waals surface area (Å²) < 4.78 is 24.9. The van der Waals surface area contributed by atoms with Crippen LogP contribution in [0.4, 0.5) is 8.78 Å². The lowest BCUT2D eigenvalue weighted by molar-refractivity contribution is 0.164. The van der Waals surface area contributed by atoms with Gasteiger partial charge >= 0.3 is 0 Å². The first-order chi connectivity index (χ1) is 5.07. The molecule has 0 aromatic heterocycles. The molecule has 3 unspecified atom stereocenters. The maximum atomic E-state index is 12.6. The van der Waals surface area contributed by atoms with Crippen molar-refractivity contribution in [1.29, 1.82) is 0 Å². The summed E-state index contributed by atoms with van der Waals surface area (Å²) in [4.78, 5) is 0. The summed E-state index contributed by atoms with van der Waals surface area (Å²) in [5.74, 6) is 0.520. The topological polar surface area (TPSA) is 0 Å². The maximum absolute atomic E-state index is 12.6. The lowest BCUT2D eigenvalue weighted by atomic mass is 10.00. The molecule has 0 saturated carbocycles. The highest BCUT2D eigenvalue weighted by Gasteiger charge is 2.15. The third kappa shape index (κ3) is 5.16. The third-order valence-electron chi connectivity index (χ3n) is 2.13. The maximum Gasteiger partial charge on any atom is 0.131 e. The van der Waals surface area contributed by atoms with E-state index in [4.69, 9.17) is 0 Å². The van der Waals surface area contributed by atoms with Gasteiger partial charge in [-0.25, -0.2) is 8.78 Å². The third-order valence-corrected chi connectivity index (χ3v) is 2.13. The molecule has 0 saturated heterocycles. The molecule has 2 heteroatoms. The van der Waals surface area contributed by atoms with Gasteiger partial charge < -0.3 is 0 Å². The zero-order valence-corrected chi connectivity index (χ0v) is 7.61. The Labute approximate surface area is 68.0 Å². The zero-order chi connectivity index (χ0) is 8.85. The fraction of sp³-hybridized carbons (Fsp3) is 1.00. The molecule has 0 nitrogen and oxygen atoms in total. The summed E-state index contributed by atoms with van der Waals surface area (Å²) in [6.07, 6.45) is -0.352. The minimum Gasteiger partial charge on any atom is -0.245 e. The molecule has 0 spiro atoms. The van der Waals surface area contributed by atoms with Gasteiger partial charge in [0.25, 0.3) is 0 Å². The Morgan fingerprint density at radius 3 is 2.00 bits per heavy atom. The minimum absolute atomic E-state index is 0.368. The molecule has 0 fully saturated rings. The largest absolute Gasteiger partial charge is 0.245 e. The molecule has 0 aliphatic heterocycles.